The fourth-order valence-electron chi connectivity index (χ4n) is 1.95. The maximum absolute atomic E-state index is 13.8. The van der Waals surface area contributed by atoms with E-state index in [9.17, 15) is 9.18 Å². The zero-order chi connectivity index (χ0) is 13.8. The van der Waals surface area contributed by atoms with Crippen LogP contribution in [0.1, 0.15) is 23.7 Å². The molecule has 19 heavy (non-hydrogen) atoms. The molecule has 1 saturated heterocycles. The molecule has 1 heterocycles. The zero-order valence-electron chi connectivity index (χ0n) is 10.7. The van der Waals surface area contributed by atoms with Crippen LogP contribution in [0.4, 0.5) is 15.8 Å². The van der Waals surface area contributed by atoms with E-state index >= 15 is 0 Å². The first-order valence-corrected chi connectivity index (χ1v) is 6.22. The molecule has 1 atom stereocenters. The summed E-state index contributed by atoms with van der Waals surface area (Å²) in [5, 5.41) is 3.01. The fourth-order valence-corrected chi connectivity index (χ4v) is 1.95. The van der Waals surface area contributed by atoms with Crippen LogP contribution in [0.5, 0.6) is 0 Å². The normalized spacial score (nSPS) is 18.3. The number of ether oxygens (including phenoxy) is 2. The predicted molar refractivity (Wildman–Crippen MR) is 69.6 cm³/mol. The molecule has 5 nitrogen and oxygen atoms in total. The Morgan fingerprint density at radius 3 is 3.05 bits per heavy atom. The number of rotatable bonds is 4. The number of nitrogen functional groups attached to an aromatic ring is 1. The van der Waals surface area contributed by atoms with E-state index in [4.69, 9.17) is 15.2 Å². The van der Waals surface area contributed by atoms with Crippen LogP contribution in [-0.4, -0.2) is 31.8 Å². The smallest absolute Gasteiger partial charge is 0.340 e. The average molecular weight is 268 g/mol. The molecule has 0 amide bonds. The number of nitrogens with one attached hydrogen (secondary N) is 1. The largest absolute Gasteiger partial charge is 0.462 e. The van der Waals surface area contributed by atoms with Gasteiger partial charge in [0.05, 0.1) is 30.5 Å². The Balaban J connectivity index is 2.22. The molecule has 1 aromatic rings. The Hall–Kier alpha value is -1.82. The van der Waals surface area contributed by atoms with Crippen LogP contribution in [0.15, 0.2) is 12.1 Å². The minimum absolute atomic E-state index is 0.0492. The zero-order valence-corrected chi connectivity index (χ0v) is 10.7. The summed E-state index contributed by atoms with van der Waals surface area (Å²) >= 11 is 0. The molecule has 3 N–H and O–H groups in total. The molecule has 1 aromatic carbocycles. The van der Waals surface area contributed by atoms with Gasteiger partial charge in [0.15, 0.2) is 0 Å². The number of hydrogen-bond acceptors (Lipinski definition) is 5. The maximum Gasteiger partial charge on any atom is 0.340 e. The number of hydrogen-bond donors (Lipinski definition) is 2. The second-order valence-corrected chi connectivity index (χ2v) is 4.34. The first-order chi connectivity index (χ1) is 9.11. The molecule has 6 heteroatoms. The highest BCUT2D eigenvalue weighted by molar-refractivity contribution is 5.96. The molecule has 0 bridgehead atoms. The highest BCUT2D eigenvalue weighted by Crippen LogP contribution is 2.24. The van der Waals surface area contributed by atoms with E-state index in [2.05, 4.69) is 5.32 Å². The Bertz CT molecular complexity index is 473. The molecule has 1 unspecified atom stereocenters. The third-order valence-electron chi connectivity index (χ3n) is 2.92. The van der Waals surface area contributed by atoms with Crippen molar-refractivity contribution < 1.29 is 18.7 Å². The standard InChI is InChI=1S/C13H17FN2O3/c1-2-19-13(17)9-5-12(10(14)6-11(9)15)16-8-3-4-18-7-8/h5-6,8,16H,2-4,7,15H2,1H3. The molecule has 0 radical (unpaired) electrons. The van der Waals surface area contributed by atoms with E-state index in [1.807, 2.05) is 0 Å². The average Bonchev–Trinajstić information content (AvgIpc) is 2.85. The lowest BCUT2D eigenvalue weighted by Gasteiger charge is -2.15. The van der Waals surface area contributed by atoms with Gasteiger partial charge in [-0.25, -0.2) is 9.18 Å². The van der Waals surface area contributed by atoms with E-state index in [-0.39, 0.29) is 29.6 Å². The number of nitrogens with two attached hydrogens (primary N) is 1. The van der Waals surface area contributed by atoms with Crippen LogP contribution in [0.25, 0.3) is 0 Å². The van der Waals surface area contributed by atoms with Crippen LogP contribution >= 0.6 is 0 Å². The Labute approximate surface area is 110 Å². The van der Waals surface area contributed by atoms with Gasteiger partial charge >= 0.3 is 5.97 Å². The van der Waals surface area contributed by atoms with Gasteiger partial charge in [0.25, 0.3) is 0 Å². The highest BCUT2D eigenvalue weighted by Gasteiger charge is 2.20. The molecule has 2 rings (SSSR count). The van der Waals surface area contributed by atoms with Gasteiger partial charge in [-0.3, -0.25) is 0 Å². The van der Waals surface area contributed by atoms with Crippen LogP contribution in [0, 0.1) is 5.82 Å². The lowest BCUT2D eigenvalue weighted by Crippen LogP contribution is -2.20. The summed E-state index contributed by atoms with van der Waals surface area (Å²) in [7, 11) is 0. The quantitative estimate of drug-likeness (QED) is 0.643. The van der Waals surface area contributed by atoms with Crippen molar-refractivity contribution in [2.45, 2.75) is 19.4 Å². The molecule has 1 aliphatic rings. The van der Waals surface area contributed by atoms with E-state index in [1.165, 1.54) is 6.07 Å². The van der Waals surface area contributed by atoms with Crippen molar-refractivity contribution in [3.8, 4) is 0 Å². The second kappa shape index (κ2) is 5.88. The Morgan fingerprint density at radius 2 is 2.42 bits per heavy atom. The van der Waals surface area contributed by atoms with Gasteiger partial charge in [0, 0.05) is 12.3 Å². The summed E-state index contributed by atoms with van der Waals surface area (Å²) in [5.74, 6) is -1.04. The molecule has 0 spiro atoms. The van der Waals surface area contributed by atoms with E-state index in [0.717, 1.165) is 12.5 Å². The summed E-state index contributed by atoms with van der Waals surface area (Å²) in [4.78, 5) is 11.7. The fraction of sp³-hybridized carbons (Fsp3) is 0.462. The number of carbonyl (C=O) groups is 1. The molecule has 1 fully saturated rings. The maximum atomic E-state index is 13.8. The number of halogens is 1. The van der Waals surface area contributed by atoms with Crippen molar-refractivity contribution in [2.75, 3.05) is 30.9 Å². The number of esters is 1. The van der Waals surface area contributed by atoms with Crippen molar-refractivity contribution >= 4 is 17.3 Å². The van der Waals surface area contributed by atoms with Crippen LogP contribution in [-0.2, 0) is 9.47 Å². The van der Waals surface area contributed by atoms with E-state index in [0.29, 0.717) is 13.2 Å². The number of benzene rings is 1. The molecular formula is C13H17FN2O3. The van der Waals surface area contributed by atoms with Gasteiger partial charge in [-0.05, 0) is 25.5 Å². The first kappa shape index (κ1) is 13.6. The van der Waals surface area contributed by atoms with Gasteiger partial charge in [-0.2, -0.15) is 0 Å². The van der Waals surface area contributed by atoms with E-state index in [1.54, 1.807) is 6.92 Å². The van der Waals surface area contributed by atoms with Crippen molar-refractivity contribution in [3.05, 3.63) is 23.5 Å². The lowest BCUT2D eigenvalue weighted by atomic mass is 10.1. The molecule has 0 aliphatic carbocycles. The highest BCUT2D eigenvalue weighted by atomic mass is 19.1. The first-order valence-electron chi connectivity index (χ1n) is 6.22. The molecule has 0 aromatic heterocycles. The monoisotopic (exact) mass is 268 g/mol. The third kappa shape index (κ3) is 3.14. The van der Waals surface area contributed by atoms with Crippen molar-refractivity contribution in [2.24, 2.45) is 0 Å². The molecule has 1 aliphatic heterocycles. The van der Waals surface area contributed by atoms with Crippen molar-refractivity contribution in [1.29, 1.82) is 0 Å². The van der Waals surface area contributed by atoms with Crippen molar-refractivity contribution in [1.82, 2.24) is 0 Å². The second-order valence-electron chi connectivity index (χ2n) is 4.34. The van der Waals surface area contributed by atoms with Crippen LogP contribution in [0.2, 0.25) is 0 Å². The summed E-state index contributed by atoms with van der Waals surface area (Å²) in [6.07, 6.45) is 0.804. The number of anilines is 2. The van der Waals surface area contributed by atoms with Crippen LogP contribution < -0.4 is 11.1 Å². The Kier molecular flexibility index (Phi) is 4.21. The summed E-state index contributed by atoms with van der Waals surface area (Å²) in [5.41, 5.74) is 6.12. The lowest BCUT2D eigenvalue weighted by molar-refractivity contribution is 0.0527. The van der Waals surface area contributed by atoms with Gasteiger partial charge in [0.1, 0.15) is 5.82 Å². The third-order valence-corrected chi connectivity index (χ3v) is 2.92. The minimum Gasteiger partial charge on any atom is -0.462 e. The summed E-state index contributed by atoms with van der Waals surface area (Å²) in [6, 6.07) is 2.57. The topological polar surface area (TPSA) is 73.6 Å². The summed E-state index contributed by atoms with van der Waals surface area (Å²) in [6.45, 7) is 3.12. The molecule has 0 saturated carbocycles. The van der Waals surface area contributed by atoms with Crippen molar-refractivity contribution in [3.63, 3.8) is 0 Å². The van der Waals surface area contributed by atoms with Gasteiger partial charge in [-0.1, -0.05) is 0 Å². The van der Waals surface area contributed by atoms with Crippen LogP contribution in [0.3, 0.4) is 0 Å². The predicted octanol–water partition coefficient (Wildman–Crippen LogP) is 1.79. The SMILES string of the molecule is CCOC(=O)c1cc(NC2CCOC2)c(F)cc1N. The van der Waals surface area contributed by atoms with E-state index < -0.39 is 11.8 Å². The van der Waals surface area contributed by atoms with Gasteiger partial charge < -0.3 is 20.5 Å². The minimum atomic E-state index is -0.550. The molecular weight excluding hydrogens is 251 g/mol. The number of carbonyl (C=O) groups excluding carboxylic acids is 1. The Morgan fingerprint density at radius 1 is 1.63 bits per heavy atom. The molecule has 104 valence electrons. The van der Waals surface area contributed by atoms with Gasteiger partial charge in [0.2, 0.25) is 0 Å². The van der Waals surface area contributed by atoms with Gasteiger partial charge in [-0.15, -0.1) is 0 Å². The summed E-state index contributed by atoms with van der Waals surface area (Å²) < 4.78 is 23.9.